The fourth-order valence-electron chi connectivity index (χ4n) is 2.38. The summed E-state index contributed by atoms with van der Waals surface area (Å²) in [5.74, 6) is -0.874. The summed E-state index contributed by atoms with van der Waals surface area (Å²) in [5.41, 5.74) is 0. The maximum atomic E-state index is 12.1. The van der Waals surface area contributed by atoms with Crippen molar-refractivity contribution in [2.45, 2.75) is 58.1 Å². The number of carboxylic acid groups (broad SMARTS) is 1. The number of amides is 1. The first-order chi connectivity index (χ1) is 8.54. The number of carboxylic acids is 1. The fraction of sp³-hybridized carbons (Fsp3) is 0.846. The highest BCUT2D eigenvalue weighted by atomic mass is 16.5. The standard InChI is InChI=1S/C13H23NO4/c1-3-14(10(2)8-13(16)17)12(15)9-11-6-4-5-7-18-11/h10-11H,3-9H2,1-2H3,(H,16,17). The van der Waals surface area contributed by atoms with Crippen LogP contribution in [0.4, 0.5) is 0 Å². The molecule has 2 unspecified atom stereocenters. The molecular formula is C13H23NO4. The van der Waals surface area contributed by atoms with Gasteiger partial charge < -0.3 is 14.7 Å². The van der Waals surface area contributed by atoms with Crippen LogP contribution in [-0.2, 0) is 14.3 Å². The van der Waals surface area contributed by atoms with Gasteiger partial charge in [0.2, 0.25) is 5.91 Å². The summed E-state index contributed by atoms with van der Waals surface area (Å²) in [7, 11) is 0. The van der Waals surface area contributed by atoms with E-state index in [0.29, 0.717) is 13.0 Å². The lowest BCUT2D eigenvalue weighted by molar-refractivity contribution is -0.141. The Hall–Kier alpha value is -1.10. The monoisotopic (exact) mass is 257 g/mol. The molecule has 0 saturated carbocycles. The Bertz CT molecular complexity index is 287. The molecule has 0 aromatic carbocycles. The zero-order valence-corrected chi connectivity index (χ0v) is 11.2. The van der Waals surface area contributed by atoms with E-state index >= 15 is 0 Å². The van der Waals surface area contributed by atoms with Gasteiger partial charge in [-0.25, -0.2) is 0 Å². The van der Waals surface area contributed by atoms with Gasteiger partial charge in [0.15, 0.2) is 0 Å². The highest BCUT2D eigenvalue weighted by Gasteiger charge is 2.24. The van der Waals surface area contributed by atoms with Crippen molar-refractivity contribution in [1.29, 1.82) is 0 Å². The topological polar surface area (TPSA) is 66.8 Å². The van der Waals surface area contributed by atoms with Crippen LogP contribution in [0.1, 0.15) is 46.0 Å². The molecule has 2 atom stereocenters. The third-order valence-electron chi connectivity index (χ3n) is 3.34. The quantitative estimate of drug-likeness (QED) is 0.785. The van der Waals surface area contributed by atoms with Gasteiger partial charge in [-0.05, 0) is 33.1 Å². The largest absolute Gasteiger partial charge is 0.481 e. The van der Waals surface area contributed by atoms with E-state index in [0.717, 1.165) is 25.9 Å². The van der Waals surface area contributed by atoms with Gasteiger partial charge in [0.1, 0.15) is 0 Å². The molecule has 18 heavy (non-hydrogen) atoms. The number of hydrogen-bond donors (Lipinski definition) is 1. The molecule has 0 spiro atoms. The van der Waals surface area contributed by atoms with Crippen molar-refractivity contribution in [3.8, 4) is 0 Å². The number of rotatable bonds is 6. The molecule has 1 rings (SSSR count). The normalized spacial score (nSPS) is 21.3. The van der Waals surface area contributed by atoms with Crippen LogP contribution in [0.15, 0.2) is 0 Å². The van der Waals surface area contributed by atoms with Crippen molar-refractivity contribution >= 4 is 11.9 Å². The molecule has 1 amide bonds. The van der Waals surface area contributed by atoms with Gasteiger partial charge >= 0.3 is 5.97 Å². The highest BCUT2D eigenvalue weighted by molar-refractivity contribution is 5.78. The molecule has 1 aliphatic rings. The third kappa shape index (κ3) is 4.64. The van der Waals surface area contributed by atoms with E-state index in [2.05, 4.69) is 0 Å². The molecule has 0 aliphatic carbocycles. The third-order valence-corrected chi connectivity index (χ3v) is 3.34. The minimum atomic E-state index is -0.873. The van der Waals surface area contributed by atoms with E-state index < -0.39 is 5.97 Å². The molecule has 0 aromatic rings. The summed E-state index contributed by atoms with van der Waals surface area (Å²) in [6.45, 7) is 4.92. The van der Waals surface area contributed by atoms with Crippen molar-refractivity contribution < 1.29 is 19.4 Å². The van der Waals surface area contributed by atoms with E-state index in [-0.39, 0.29) is 24.5 Å². The Kier molecular flexibility index (Phi) is 6.12. The number of hydrogen-bond acceptors (Lipinski definition) is 3. The number of nitrogens with zero attached hydrogens (tertiary/aromatic N) is 1. The Balaban J connectivity index is 2.47. The maximum Gasteiger partial charge on any atom is 0.305 e. The van der Waals surface area contributed by atoms with Crippen LogP contribution in [-0.4, -0.2) is 47.2 Å². The predicted octanol–water partition coefficient (Wildman–Crippen LogP) is 1.66. The zero-order valence-electron chi connectivity index (χ0n) is 11.2. The van der Waals surface area contributed by atoms with Crippen LogP contribution in [0.5, 0.6) is 0 Å². The van der Waals surface area contributed by atoms with Gasteiger partial charge in [-0.2, -0.15) is 0 Å². The fourth-order valence-corrected chi connectivity index (χ4v) is 2.38. The molecule has 1 saturated heterocycles. The zero-order chi connectivity index (χ0) is 13.5. The van der Waals surface area contributed by atoms with E-state index in [1.165, 1.54) is 0 Å². The van der Waals surface area contributed by atoms with Crippen LogP contribution in [0.2, 0.25) is 0 Å². The van der Waals surface area contributed by atoms with Crippen LogP contribution in [0.25, 0.3) is 0 Å². The molecule has 1 heterocycles. The van der Waals surface area contributed by atoms with Gasteiger partial charge in [0, 0.05) is 19.2 Å². The number of carbonyl (C=O) groups excluding carboxylic acids is 1. The SMILES string of the molecule is CCN(C(=O)CC1CCCCO1)C(C)CC(=O)O. The Morgan fingerprint density at radius 3 is 2.67 bits per heavy atom. The predicted molar refractivity (Wildman–Crippen MR) is 67.3 cm³/mol. The lowest BCUT2D eigenvalue weighted by atomic mass is 10.0. The summed E-state index contributed by atoms with van der Waals surface area (Å²) in [6, 6.07) is -0.261. The first-order valence-corrected chi connectivity index (χ1v) is 6.67. The average molecular weight is 257 g/mol. The lowest BCUT2D eigenvalue weighted by Crippen LogP contribution is -2.41. The van der Waals surface area contributed by atoms with Crippen molar-refractivity contribution in [3.05, 3.63) is 0 Å². The molecule has 0 radical (unpaired) electrons. The molecule has 0 bridgehead atoms. The van der Waals surface area contributed by atoms with Crippen LogP contribution in [0.3, 0.4) is 0 Å². The van der Waals surface area contributed by atoms with E-state index in [1.54, 1.807) is 11.8 Å². The highest BCUT2D eigenvalue weighted by Crippen LogP contribution is 2.17. The summed E-state index contributed by atoms with van der Waals surface area (Å²) < 4.78 is 5.54. The van der Waals surface area contributed by atoms with Gasteiger partial charge in [-0.1, -0.05) is 0 Å². The van der Waals surface area contributed by atoms with E-state index in [4.69, 9.17) is 9.84 Å². The average Bonchev–Trinajstić information content (AvgIpc) is 2.30. The van der Waals surface area contributed by atoms with Crippen LogP contribution in [0, 0.1) is 0 Å². The smallest absolute Gasteiger partial charge is 0.305 e. The summed E-state index contributed by atoms with van der Waals surface area (Å²) in [5, 5.41) is 8.77. The summed E-state index contributed by atoms with van der Waals surface area (Å²) in [6.07, 6.45) is 3.48. The van der Waals surface area contributed by atoms with E-state index in [9.17, 15) is 9.59 Å². The molecular weight excluding hydrogens is 234 g/mol. The second-order valence-corrected chi connectivity index (χ2v) is 4.82. The number of carbonyl (C=O) groups is 2. The Labute approximate surface area is 108 Å². The minimum absolute atomic E-state index is 0.00171. The Morgan fingerprint density at radius 2 is 2.17 bits per heavy atom. The van der Waals surface area contributed by atoms with Gasteiger partial charge in [-0.15, -0.1) is 0 Å². The van der Waals surface area contributed by atoms with Crippen molar-refractivity contribution in [2.24, 2.45) is 0 Å². The summed E-state index contributed by atoms with van der Waals surface area (Å²) >= 11 is 0. The van der Waals surface area contributed by atoms with E-state index in [1.807, 2.05) is 6.92 Å². The molecule has 1 fully saturated rings. The number of ether oxygens (including phenoxy) is 1. The molecule has 104 valence electrons. The molecule has 0 aromatic heterocycles. The lowest BCUT2D eigenvalue weighted by Gasteiger charge is -2.30. The second-order valence-electron chi connectivity index (χ2n) is 4.82. The minimum Gasteiger partial charge on any atom is -0.481 e. The first kappa shape index (κ1) is 15.0. The van der Waals surface area contributed by atoms with Crippen molar-refractivity contribution in [2.75, 3.05) is 13.2 Å². The summed E-state index contributed by atoms with van der Waals surface area (Å²) in [4.78, 5) is 24.4. The molecule has 1 N–H and O–H groups in total. The van der Waals surface area contributed by atoms with Crippen LogP contribution < -0.4 is 0 Å². The number of aliphatic carboxylic acids is 1. The first-order valence-electron chi connectivity index (χ1n) is 6.67. The maximum absolute atomic E-state index is 12.1. The van der Waals surface area contributed by atoms with Gasteiger partial charge in [-0.3, -0.25) is 9.59 Å². The van der Waals surface area contributed by atoms with Crippen molar-refractivity contribution in [3.63, 3.8) is 0 Å². The second kappa shape index (κ2) is 7.36. The van der Waals surface area contributed by atoms with Gasteiger partial charge in [0.25, 0.3) is 0 Å². The molecule has 5 heteroatoms. The molecule has 5 nitrogen and oxygen atoms in total. The van der Waals surface area contributed by atoms with Gasteiger partial charge in [0.05, 0.1) is 18.9 Å². The van der Waals surface area contributed by atoms with Crippen LogP contribution >= 0.6 is 0 Å². The Morgan fingerprint density at radius 1 is 1.44 bits per heavy atom. The van der Waals surface area contributed by atoms with Crippen molar-refractivity contribution in [1.82, 2.24) is 4.90 Å². The molecule has 1 aliphatic heterocycles.